The Labute approximate surface area is 220 Å². The Morgan fingerprint density at radius 3 is 2.34 bits per heavy atom. The quantitative estimate of drug-likeness (QED) is 0.280. The van der Waals surface area contributed by atoms with E-state index in [1.54, 1.807) is 44.9 Å². The summed E-state index contributed by atoms with van der Waals surface area (Å²) in [6.07, 6.45) is 7.60. The third kappa shape index (κ3) is 5.54. The lowest BCUT2D eigenvalue weighted by Gasteiger charge is -2.13. The number of nitrogens with zero attached hydrogens (tertiary/aromatic N) is 3. The molecular formula is C30H27N5O3. The summed E-state index contributed by atoms with van der Waals surface area (Å²) < 4.78 is 10.9. The Balaban J connectivity index is 1.30. The SMILES string of the molecule is COc1cc2nccc(Cc3ccc(Nc4ncccc4C(=O)NCc4ccncc4)cc3)c2cc1OC. The van der Waals surface area contributed by atoms with Crippen LogP contribution in [0.2, 0.25) is 0 Å². The highest BCUT2D eigenvalue weighted by atomic mass is 16.5. The number of hydrogen-bond acceptors (Lipinski definition) is 7. The van der Waals surface area contributed by atoms with Gasteiger partial charge in [-0.1, -0.05) is 12.1 Å². The van der Waals surface area contributed by atoms with Crippen molar-refractivity contribution < 1.29 is 14.3 Å². The maximum absolute atomic E-state index is 12.9. The molecule has 0 radical (unpaired) electrons. The van der Waals surface area contributed by atoms with Gasteiger partial charge >= 0.3 is 0 Å². The molecule has 0 aliphatic rings. The van der Waals surface area contributed by atoms with Gasteiger partial charge in [-0.3, -0.25) is 14.8 Å². The lowest BCUT2D eigenvalue weighted by Crippen LogP contribution is -2.24. The molecule has 0 unspecified atom stereocenters. The number of carbonyl (C=O) groups is 1. The van der Waals surface area contributed by atoms with Crippen molar-refractivity contribution in [1.82, 2.24) is 20.3 Å². The standard InChI is InChI=1S/C30H27N5O3/c1-37-27-17-25-22(11-15-32-26(25)18-28(27)38-2)16-20-5-7-23(8-6-20)35-29-24(4-3-12-33-29)30(36)34-19-21-9-13-31-14-10-21/h3-15,17-18H,16,19H2,1-2H3,(H,33,35)(H,34,36). The third-order valence-corrected chi connectivity index (χ3v) is 6.20. The minimum Gasteiger partial charge on any atom is -0.493 e. The summed E-state index contributed by atoms with van der Waals surface area (Å²) in [6, 6.07) is 21.2. The summed E-state index contributed by atoms with van der Waals surface area (Å²) in [7, 11) is 3.25. The third-order valence-electron chi connectivity index (χ3n) is 6.20. The number of pyridine rings is 3. The molecule has 5 rings (SSSR count). The Morgan fingerprint density at radius 1 is 0.816 bits per heavy atom. The van der Waals surface area contributed by atoms with Crippen molar-refractivity contribution >= 4 is 28.3 Å². The molecular weight excluding hydrogens is 478 g/mol. The lowest BCUT2D eigenvalue weighted by atomic mass is 10.0. The van der Waals surface area contributed by atoms with E-state index in [4.69, 9.17) is 9.47 Å². The highest BCUT2D eigenvalue weighted by Gasteiger charge is 2.13. The van der Waals surface area contributed by atoms with Crippen molar-refractivity contribution in [1.29, 1.82) is 0 Å². The molecule has 2 N–H and O–H groups in total. The van der Waals surface area contributed by atoms with Crippen molar-refractivity contribution in [3.8, 4) is 11.5 Å². The monoisotopic (exact) mass is 505 g/mol. The van der Waals surface area contributed by atoms with Crippen LogP contribution in [0.15, 0.2) is 91.5 Å². The van der Waals surface area contributed by atoms with Gasteiger partial charge in [-0.05, 0) is 71.6 Å². The van der Waals surface area contributed by atoms with E-state index in [1.807, 2.05) is 48.7 Å². The molecule has 190 valence electrons. The summed E-state index contributed by atoms with van der Waals surface area (Å²) in [5.41, 5.74) is 5.40. The number of amides is 1. The van der Waals surface area contributed by atoms with E-state index >= 15 is 0 Å². The average molecular weight is 506 g/mol. The zero-order valence-corrected chi connectivity index (χ0v) is 21.1. The fourth-order valence-corrected chi connectivity index (χ4v) is 4.21. The van der Waals surface area contributed by atoms with Gasteiger partial charge in [0, 0.05) is 48.5 Å². The number of rotatable bonds is 9. The summed E-state index contributed by atoms with van der Waals surface area (Å²) in [5, 5.41) is 7.23. The molecule has 0 aliphatic carbocycles. The first-order valence-electron chi connectivity index (χ1n) is 12.1. The fourth-order valence-electron chi connectivity index (χ4n) is 4.21. The highest BCUT2D eigenvalue weighted by Crippen LogP contribution is 2.33. The Bertz CT molecular complexity index is 1560. The number of nitrogens with one attached hydrogen (secondary N) is 2. The number of carbonyl (C=O) groups excluding carboxylic acids is 1. The molecule has 8 heteroatoms. The Kier molecular flexibility index (Phi) is 7.40. The molecule has 3 heterocycles. The van der Waals surface area contributed by atoms with E-state index in [9.17, 15) is 4.79 Å². The van der Waals surface area contributed by atoms with Gasteiger partial charge in [0.2, 0.25) is 0 Å². The van der Waals surface area contributed by atoms with Crippen molar-refractivity contribution in [3.05, 3.63) is 114 Å². The Morgan fingerprint density at radius 2 is 1.58 bits per heavy atom. The van der Waals surface area contributed by atoms with Gasteiger partial charge in [0.25, 0.3) is 5.91 Å². The summed E-state index contributed by atoms with van der Waals surface area (Å²) in [6.45, 7) is 0.409. The molecule has 0 saturated heterocycles. The number of aromatic nitrogens is 3. The first kappa shape index (κ1) is 24.7. The van der Waals surface area contributed by atoms with Crippen molar-refractivity contribution in [2.75, 3.05) is 19.5 Å². The van der Waals surface area contributed by atoms with Crippen LogP contribution in [0.25, 0.3) is 10.9 Å². The van der Waals surface area contributed by atoms with E-state index in [0.717, 1.165) is 39.7 Å². The second kappa shape index (κ2) is 11.4. The van der Waals surface area contributed by atoms with E-state index < -0.39 is 0 Å². The van der Waals surface area contributed by atoms with Gasteiger partial charge in [-0.2, -0.15) is 0 Å². The molecule has 0 bridgehead atoms. The smallest absolute Gasteiger partial charge is 0.255 e. The van der Waals surface area contributed by atoms with Crippen LogP contribution in [-0.4, -0.2) is 35.1 Å². The van der Waals surface area contributed by atoms with Gasteiger partial charge < -0.3 is 20.1 Å². The predicted octanol–water partition coefficient (Wildman–Crippen LogP) is 5.31. The molecule has 3 aromatic heterocycles. The van der Waals surface area contributed by atoms with Crippen molar-refractivity contribution in [3.63, 3.8) is 0 Å². The van der Waals surface area contributed by atoms with E-state index in [-0.39, 0.29) is 5.91 Å². The topological polar surface area (TPSA) is 98.3 Å². The largest absolute Gasteiger partial charge is 0.493 e. The zero-order chi connectivity index (χ0) is 26.3. The second-order valence-electron chi connectivity index (χ2n) is 8.63. The first-order chi connectivity index (χ1) is 18.6. The average Bonchev–Trinajstić information content (AvgIpc) is 2.97. The van der Waals surface area contributed by atoms with Crippen LogP contribution < -0.4 is 20.1 Å². The minimum atomic E-state index is -0.203. The van der Waals surface area contributed by atoms with Crippen LogP contribution in [0.3, 0.4) is 0 Å². The summed E-state index contributed by atoms with van der Waals surface area (Å²) in [5.74, 6) is 1.61. The number of hydrogen-bond donors (Lipinski definition) is 2. The van der Waals surface area contributed by atoms with Crippen LogP contribution in [0.4, 0.5) is 11.5 Å². The minimum absolute atomic E-state index is 0.203. The lowest BCUT2D eigenvalue weighted by molar-refractivity contribution is 0.0951. The maximum Gasteiger partial charge on any atom is 0.255 e. The van der Waals surface area contributed by atoms with Gasteiger partial charge in [0.15, 0.2) is 11.5 Å². The number of benzene rings is 2. The second-order valence-corrected chi connectivity index (χ2v) is 8.63. The molecule has 0 fully saturated rings. The van der Waals surface area contributed by atoms with Gasteiger partial charge in [0.05, 0.1) is 25.3 Å². The normalized spacial score (nSPS) is 10.7. The maximum atomic E-state index is 12.9. The van der Waals surface area contributed by atoms with Crippen LogP contribution in [0.5, 0.6) is 11.5 Å². The number of fused-ring (bicyclic) bond motifs is 1. The molecule has 5 aromatic rings. The van der Waals surface area contributed by atoms with Crippen molar-refractivity contribution in [2.45, 2.75) is 13.0 Å². The number of methoxy groups -OCH3 is 2. The highest BCUT2D eigenvalue weighted by molar-refractivity contribution is 5.99. The number of ether oxygens (including phenoxy) is 2. The first-order valence-corrected chi connectivity index (χ1v) is 12.1. The van der Waals surface area contributed by atoms with Crippen molar-refractivity contribution in [2.24, 2.45) is 0 Å². The van der Waals surface area contributed by atoms with Gasteiger partial charge in [-0.15, -0.1) is 0 Å². The molecule has 1 amide bonds. The number of anilines is 2. The van der Waals surface area contributed by atoms with Gasteiger partial charge in [0.1, 0.15) is 5.82 Å². The predicted molar refractivity (Wildman–Crippen MR) is 147 cm³/mol. The summed E-state index contributed by atoms with van der Waals surface area (Å²) in [4.78, 5) is 25.7. The molecule has 0 saturated carbocycles. The Hall–Kier alpha value is -4.98. The molecule has 0 aliphatic heterocycles. The van der Waals surface area contributed by atoms with Crippen LogP contribution in [0, 0.1) is 0 Å². The summed E-state index contributed by atoms with van der Waals surface area (Å²) >= 11 is 0. The van der Waals surface area contributed by atoms with Crippen LogP contribution in [0.1, 0.15) is 27.0 Å². The van der Waals surface area contributed by atoms with Crippen LogP contribution in [-0.2, 0) is 13.0 Å². The molecule has 2 aromatic carbocycles. The molecule has 0 spiro atoms. The molecule has 38 heavy (non-hydrogen) atoms. The van der Waals surface area contributed by atoms with E-state index in [0.29, 0.717) is 29.4 Å². The van der Waals surface area contributed by atoms with Crippen LogP contribution >= 0.6 is 0 Å². The van der Waals surface area contributed by atoms with E-state index in [2.05, 4.69) is 37.7 Å². The van der Waals surface area contributed by atoms with Gasteiger partial charge in [-0.25, -0.2) is 4.98 Å². The molecule has 0 atom stereocenters. The fraction of sp³-hybridized carbons (Fsp3) is 0.133. The molecule has 8 nitrogen and oxygen atoms in total. The zero-order valence-electron chi connectivity index (χ0n) is 21.1. The van der Waals surface area contributed by atoms with E-state index in [1.165, 1.54) is 0 Å².